The van der Waals surface area contributed by atoms with E-state index in [0.717, 1.165) is 22.3 Å². The zero-order valence-electron chi connectivity index (χ0n) is 19.4. The highest BCUT2D eigenvalue weighted by Crippen LogP contribution is 2.40. The topological polar surface area (TPSA) is 71.9 Å². The highest BCUT2D eigenvalue weighted by Gasteiger charge is 2.43. The van der Waals surface area contributed by atoms with E-state index in [1.165, 1.54) is 12.1 Å². The molecule has 0 saturated carbocycles. The molecule has 0 bridgehead atoms. The number of ether oxygens (including phenoxy) is 2. The molecule has 1 aromatic heterocycles. The SMILES string of the molecule is COc1cncc(-c2ccc(C(C)N3CCC(CCCO)(c4ccc(F)cc4)OC3=O)cc2)c1. The van der Waals surface area contributed by atoms with Crippen LogP contribution < -0.4 is 4.74 Å². The first-order valence-electron chi connectivity index (χ1n) is 11.4. The predicted molar refractivity (Wildman–Crippen MR) is 127 cm³/mol. The maximum Gasteiger partial charge on any atom is 0.411 e. The minimum absolute atomic E-state index is 0.00420. The summed E-state index contributed by atoms with van der Waals surface area (Å²) in [5.74, 6) is 0.350. The zero-order valence-corrected chi connectivity index (χ0v) is 19.4. The number of hydrogen-bond acceptors (Lipinski definition) is 5. The number of aliphatic hydroxyl groups is 1. The molecule has 2 atom stereocenters. The van der Waals surface area contributed by atoms with Crippen molar-refractivity contribution in [2.75, 3.05) is 20.3 Å². The lowest BCUT2D eigenvalue weighted by Gasteiger charge is -2.43. The van der Waals surface area contributed by atoms with Crippen molar-refractivity contribution in [3.05, 3.63) is 83.9 Å². The van der Waals surface area contributed by atoms with Crippen LogP contribution in [0, 0.1) is 5.82 Å². The van der Waals surface area contributed by atoms with Crippen molar-refractivity contribution in [2.45, 2.75) is 37.8 Å². The van der Waals surface area contributed by atoms with Gasteiger partial charge in [-0.1, -0.05) is 36.4 Å². The standard InChI is InChI=1S/C27H29FN2O4/c1-19(20-4-6-21(7-5-20)22-16-25(33-2)18-29-17-22)30-14-13-27(12-3-15-31,34-26(30)32)23-8-10-24(28)11-9-23/h4-11,16-19,31H,3,12-15H2,1-2H3. The maximum atomic E-state index is 13.5. The first-order valence-corrected chi connectivity index (χ1v) is 11.4. The summed E-state index contributed by atoms with van der Waals surface area (Å²) in [6.07, 6.45) is 4.55. The highest BCUT2D eigenvalue weighted by molar-refractivity contribution is 5.70. The number of rotatable bonds is 8. The van der Waals surface area contributed by atoms with Crippen molar-refractivity contribution in [1.82, 2.24) is 9.88 Å². The largest absolute Gasteiger partial charge is 0.495 e. The average Bonchev–Trinajstić information content (AvgIpc) is 2.87. The molecule has 7 heteroatoms. The fourth-order valence-corrected chi connectivity index (χ4v) is 4.49. The minimum Gasteiger partial charge on any atom is -0.495 e. The van der Waals surface area contributed by atoms with Crippen LogP contribution in [0.25, 0.3) is 11.1 Å². The summed E-state index contributed by atoms with van der Waals surface area (Å²) in [5, 5.41) is 9.37. The zero-order chi connectivity index (χ0) is 24.1. The molecule has 3 aromatic rings. The van der Waals surface area contributed by atoms with Gasteiger partial charge in [0.15, 0.2) is 0 Å². The normalized spacial score (nSPS) is 18.9. The molecule has 34 heavy (non-hydrogen) atoms. The molecule has 1 saturated heterocycles. The van der Waals surface area contributed by atoms with Crippen LogP contribution in [-0.4, -0.2) is 41.3 Å². The summed E-state index contributed by atoms with van der Waals surface area (Å²) >= 11 is 0. The van der Waals surface area contributed by atoms with Gasteiger partial charge in [0.2, 0.25) is 0 Å². The minimum atomic E-state index is -0.868. The van der Waals surface area contributed by atoms with E-state index in [2.05, 4.69) is 4.98 Å². The fourth-order valence-electron chi connectivity index (χ4n) is 4.49. The quantitative estimate of drug-likeness (QED) is 0.479. The van der Waals surface area contributed by atoms with E-state index in [0.29, 0.717) is 31.6 Å². The number of carbonyl (C=O) groups excluding carboxylic acids is 1. The van der Waals surface area contributed by atoms with Gasteiger partial charge in [-0.25, -0.2) is 9.18 Å². The van der Waals surface area contributed by atoms with E-state index in [4.69, 9.17) is 9.47 Å². The molecular formula is C27H29FN2O4. The van der Waals surface area contributed by atoms with Crippen molar-refractivity contribution in [2.24, 2.45) is 0 Å². The van der Waals surface area contributed by atoms with Crippen LogP contribution in [0.15, 0.2) is 67.0 Å². The monoisotopic (exact) mass is 464 g/mol. The molecular weight excluding hydrogens is 435 g/mol. The average molecular weight is 465 g/mol. The smallest absolute Gasteiger partial charge is 0.411 e. The van der Waals surface area contributed by atoms with Gasteiger partial charge in [0.1, 0.15) is 17.2 Å². The van der Waals surface area contributed by atoms with Crippen LogP contribution in [0.1, 0.15) is 43.4 Å². The molecule has 4 rings (SSSR count). The lowest BCUT2D eigenvalue weighted by atomic mass is 9.84. The van der Waals surface area contributed by atoms with Crippen LogP contribution in [0.2, 0.25) is 0 Å². The molecule has 2 aromatic carbocycles. The fraction of sp³-hybridized carbons (Fsp3) is 0.333. The van der Waals surface area contributed by atoms with Gasteiger partial charge in [-0.2, -0.15) is 0 Å². The molecule has 2 heterocycles. The van der Waals surface area contributed by atoms with E-state index in [1.54, 1.807) is 36.5 Å². The van der Waals surface area contributed by atoms with Gasteiger partial charge in [0.25, 0.3) is 0 Å². The third-order valence-electron chi connectivity index (χ3n) is 6.53. The Balaban J connectivity index is 1.51. The van der Waals surface area contributed by atoms with Gasteiger partial charge in [0, 0.05) is 31.3 Å². The molecule has 1 N–H and O–H groups in total. The van der Waals surface area contributed by atoms with Crippen LogP contribution in [0.5, 0.6) is 5.75 Å². The number of carbonyl (C=O) groups is 1. The molecule has 1 aliphatic heterocycles. The maximum absolute atomic E-state index is 13.5. The van der Waals surface area contributed by atoms with Crippen LogP contribution in [0.3, 0.4) is 0 Å². The number of methoxy groups -OCH3 is 1. The summed E-state index contributed by atoms with van der Waals surface area (Å²) in [6, 6.07) is 15.8. The molecule has 1 fully saturated rings. The summed E-state index contributed by atoms with van der Waals surface area (Å²) in [4.78, 5) is 19.0. The summed E-state index contributed by atoms with van der Waals surface area (Å²) in [6.45, 7) is 2.46. The van der Waals surface area contributed by atoms with Gasteiger partial charge in [-0.05, 0) is 54.7 Å². The molecule has 0 spiro atoms. The first-order chi connectivity index (χ1) is 16.5. The molecule has 0 radical (unpaired) electrons. The van der Waals surface area contributed by atoms with E-state index in [1.807, 2.05) is 37.3 Å². The van der Waals surface area contributed by atoms with Gasteiger partial charge in [0.05, 0.1) is 19.3 Å². The van der Waals surface area contributed by atoms with Crippen molar-refractivity contribution in [1.29, 1.82) is 0 Å². The number of benzene rings is 2. The van der Waals surface area contributed by atoms with E-state index < -0.39 is 11.7 Å². The second-order valence-corrected chi connectivity index (χ2v) is 8.55. The third kappa shape index (κ3) is 4.89. The molecule has 6 nitrogen and oxygen atoms in total. The van der Waals surface area contributed by atoms with Gasteiger partial charge in [-0.15, -0.1) is 0 Å². The second-order valence-electron chi connectivity index (χ2n) is 8.55. The number of aromatic nitrogens is 1. The van der Waals surface area contributed by atoms with Crippen molar-refractivity contribution < 1.29 is 23.8 Å². The van der Waals surface area contributed by atoms with Gasteiger partial charge in [-0.3, -0.25) is 4.98 Å². The Kier molecular flexibility index (Phi) is 7.12. The van der Waals surface area contributed by atoms with Gasteiger partial charge >= 0.3 is 6.09 Å². The lowest BCUT2D eigenvalue weighted by molar-refractivity contribution is -0.0680. The molecule has 1 amide bonds. The number of amides is 1. The van der Waals surface area contributed by atoms with E-state index in [-0.39, 0.29) is 18.5 Å². The summed E-state index contributed by atoms with van der Waals surface area (Å²) in [7, 11) is 1.61. The number of nitrogens with zero attached hydrogens (tertiary/aromatic N) is 2. The lowest BCUT2D eigenvalue weighted by Crippen LogP contribution is -2.48. The van der Waals surface area contributed by atoms with Crippen molar-refractivity contribution in [3.8, 4) is 16.9 Å². The number of cyclic esters (lactones) is 1. The van der Waals surface area contributed by atoms with Gasteiger partial charge < -0.3 is 19.5 Å². The van der Waals surface area contributed by atoms with Crippen molar-refractivity contribution >= 4 is 6.09 Å². The van der Waals surface area contributed by atoms with Crippen LogP contribution in [-0.2, 0) is 10.3 Å². The van der Waals surface area contributed by atoms with E-state index >= 15 is 0 Å². The molecule has 2 unspecified atom stereocenters. The summed E-state index contributed by atoms with van der Waals surface area (Å²) < 4.78 is 24.7. The number of hydrogen-bond donors (Lipinski definition) is 1. The summed E-state index contributed by atoms with van der Waals surface area (Å²) in [5.41, 5.74) is 2.82. The Morgan fingerprint density at radius 1 is 1.15 bits per heavy atom. The number of halogens is 1. The molecule has 178 valence electrons. The van der Waals surface area contributed by atoms with E-state index in [9.17, 15) is 14.3 Å². The predicted octanol–water partition coefficient (Wildman–Crippen LogP) is 5.47. The Morgan fingerprint density at radius 3 is 2.53 bits per heavy atom. The van der Waals surface area contributed by atoms with Crippen LogP contribution in [0.4, 0.5) is 9.18 Å². The van der Waals surface area contributed by atoms with Crippen LogP contribution >= 0.6 is 0 Å². The first kappa shape index (κ1) is 23.7. The Hall–Kier alpha value is -3.45. The third-order valence-corrected chi connectivity index (χ3v) is 6.53. The number of aliphatic hydroxyl groups excluding tert-OH is 1. The number of pyridine rings is 1. The Labute approximate surface area is 199 Å². The Bertz CT molecular complexity index is 1120. The second kappa shape index (κ2) is 10.2. The highest BCUT2D eigenvalue weighted by atomic mass is 19.1. The molecule has 0 aliphatic carbocycles. The Morgan fingerprint density at radius 2 is 1.88 bits per heavy atom. The van der Waals surface area contributed by atoms with Crippen molar-refractivity contribution in [3.63, 3.8) is 0 Å². The molecule has 1 aliphatic rings.